The maximum absolute atomic E-state index is 12.7. The van der Waals surface area contributed by atoms with Crippen LogP contribution in [-0.4, -0.2) is 52.6 Å². The molecule has 1 fully saturated rings. The van der Waals surface area contributed by atoms with Gasteiger partial charge in [0.1, 0.15) is 23.4 Å². The second-order valence-electron chi connectivity index (χ2n) is 7.37. The average Bonchev–Trinajstić information content (AvgIpc) is 3.25. The zero-order valence-electron chi connectivity index (χ0n) is 17.5. The Hall–Kier alpha value is -3.43. The van der Waals surface area contributed by atoms with E-state index in [-0.39, 0.29) is 18.4 Å². The van der Waals surface area contributed by atoms with Crippen molar-refractivity contribution < 1.29 is 24.2 Å². The van der Waals surface area contributed by atoms with E-state index < -0.39 is 6.10 Å². The Kier molecular flexibility index (Phi) is 6.67. The fraction of sp³-hybridized carbons (Fsp3) is 0.261. The number of aliphatic hydroxyl groups excluding tert-OH is 1. The number of amides is 2. The molecule has 9 heteroatoms. The molecule has 3 aromatic rings. The van der Waals surface area contributed by atoms with Crippen molar-refractivity contribution in [1.82, 2.24) is 9.88 Å². The first-order valence-electron chi connectivity index (χ1n) is 10.2. The number of aromatic nitrogens is 1. The van der Waals surface area contributed by atoms with E-state index in [1.165, 1.54) is 11.3 Å². The molecule has 4 rings (SSSR count). The van der Waals surface area contributed by atoms with Crippen LogP contribution in [0.1, 0.15) is 34.1 Å². The van der Waals surface area contributed by atoms with Crippen LogP contribution in [0.25, 0.3) is 0 Å². The van der Waals surface area contributed by atoms with Crippen LogP contribution >= 0.6 is 11.3 Å². The predicted molar refractivity (Wildman–Crippen MR) is 121 cm³/mol. The zero-order chi connectivity index (χ0) is 22.5. The summed E-state index contributed by atoms with van der Waals surface area (Å²) in [6.45, 7) is 3.14. The topological polar surface area (TPSA) is 101 Å². The van der Waals surface area contributed by atoms with E-state index in [0.29, 0.717) is 33.5 Å². The lowest BCUT2D eigenvalue weighted by molar-refractivity contribution is 0.0651. The number of hydrogen-bond acceptors (Lipinski definition) is 7. The fourth-order valence-corrected chi connectivity index (χ4v) is 3.58. The van der Waals surface area contributed by atoms with E-state index in [2.05, 4.69) is 10.3 Å². The smallest absolute Gasteiger partial charge is 0.257 e. The minimum absolute atomic E-state index is 0.0114. The summed E-state index contributed by atoms with van der Waals surface area (Å²) in [6, 6.07) is 11.7. The number of nitrogens with zero attached hydrogens (tertiary/aromatic N) is 2. The van der Waals surface area contributed by atoms with Gasteiger partial charge in [-0.05, 0) is 49.7 Å². The molecule has 1 aliphatic rings. The second-order valence-corrected chi connectivity index (χ2v) is 8.26. The van der Waals surface area contributed by atoms with Gasteiger partial charge in [0.2, 0.25) is 0 Å². The van der Waals surface area contributed by atoms with Gasteiger partial charge in [-0.1, -0.05) is 0 Å². The van der Waals surface area contributed by atoms with Gasteiger partial charge in [0.05, 0.1) is 6.61 Å². The molecule has 0 aliphatic carbocycles. The van der Waals surface area contributed by atoms with Crippen molar-refractivity contribution in [2.24, 2.45) is 0 Å². The molecule has 0 spiro atoms. The van der Waals surface area contributed by atoms with Crippen LogP contribution in [0, 0.1) is 0 Å². The van der Waals surface area contributed by atoms with E-state index in [1.807, 2.05) is 0 Å². The van der Waals surface area contributed by atoms with Gasteiger partial charge < -0.3 is 19.5 Å². The van der Waals surface area contributed by atoms with Crippen LogP contribution in [0.3, 0.4) is 0 Å². The molecule has 1 atom stereocenters. The number of aliphatic hydroxyl groups is 1. The minimum Gasteiger partial charge on any atom is -0.488 e. The molecule has 2 N–H and O–H groups in total. The molecule has 8 nitrogen and oxygen atoms in total. The van der Waals surface area contributed by atoms with Gasteiger partial charge in [-0.15, -0.1) is 11.3 Å². The van der Waals surface area contributed by atoms with E-state index in [1.54, 1.807) is 65.9 Å². The van der Waals surface area contributed by atoms with Crippen LogP contribution in [0.4, 0.5) is 5.13 Å². The first kappa shape index (κ1) is 21.8. The van der Waals surface area contributed by atoms with Crippen molar-refractivity contribution in [3.8, 4) is 17.2 Å². The number of rotatable bonds is 8. The molecular weight excluding hydrogens is 430 g/mol. The maximum atomic E-state index is 12.7. The number of thiazole rings is 1. The fourth-order valence-electron chi connectivity index (χ4n) is 3.06. The molecule has 32 heavy (non-hydrogen) atoms. The molecule has 1 saturated heterocycles. The van der Waals surface area contributed by atoms with Gasteiger partial charge in [0.15, 0.2) is 5.13 Å². The first-order valence-corrected chi connectivity index (χ1v) is 11.1. The Bertz CT molecular complexity index is 1080. The number of nitrogens with one attached hydrogen (secondary N) is 1. The number of ether oxygens (including phenoxy) is 2. The Morgan fingerprint density at radius 3 is 2.50 bits per heavy atom. The van der Waals surface area contributed by atoms with E-state index in [4.69, 9.17) is 9.47 Å². The van der Waals surface area contributed by atoms with Crippen molar-refractivity contribution in [2.45, 2.75) is 19.4 Å². The van der Waals surface area contributed by atoms with Crippen molar-refractivity contribution in [3.63, 3.8) is 0 Å². The summed E-state index contributed by atoms with van der Waals surface area (Å²) in [5, 5.41) is 14.3. The highest BCUT2D eigenvalue weighted by molar-refractivity contribution is 7.13. The molecule has 1 aliphatic heterocycles. The Morgan fingerprint density at radius 1 is 1.12 bits per heavy atom. The quantitative estimate of drug-likeness (QED) is 0.538. The summed E-state index contributed by atoms with van der Waals surface area (Å²) in [5.74, 6) is 0.945. The standard InChI is InChI=1S/C23H23N3O5S/c1-15(14-27)30-19-11-17(21(28)25-23-24-7-10-32-23)12-20(13-19)31-18-5-3-16(4-6-18)22(29)26-8-2-9-26/h3-7,10-13,15,27H,2,8-9,14H2,1H3,(H,24,25,28)/t15-/m0/s1. The summed E-state index contributed by atoms with van der Waals surface area (Å²) in [5.41, 5.74) is 0.928. The van der Waals surface area contributed by atoms with Crippen LogP contribution in [0.5, 0.6) is 17.2 Å². The Balaban J connectivity index is 1.54. The molecule has 0 unspecified atom stereocenters. The number of hydrogen-bond donors (Lipinski definition) is 2. The molecule has 2 aromatic carbocycles. The van der Waals surface area contributed by atoms with Crippen molar-refractivity contribution in [3.05, 3.63) is 65.2 Å². The van der Waals surface area contributed by atoms with Gasteiger partial charge in [0.25, 0.3) is 11.8 Å². The first-order chi connectivity index (χ1) is 15.5. The molecule has 2 amide bonds. The molecule has 166 valence electrons. The number of likely N-dealkylation sites (tertiary alicyclic amines) is 1. The highest BCUT2D eigenvalue weighted by atomic mass is 32.1. The van der Waals surface area contributed by atoms with Gasteiger partial charge in [-0.2, -0.15) is 0 Å². The van der Waals surface area contributed by atoms with E-state index >= 15 is 0 Å². The highest BCUT2D eigenvalue weighted by Gasteiger charge is 2.21. The molecule has 0 bridgehead atoms. The summed E-state index contributed by atoms with van der Waals surface area (Å²) in [6.07, 6.45) is 2.19. The van der Waals surface area contributed by atoms with Crippen LogP contribution in [0.2, 0.25) is 0 Å². The van der Waals surface area contributed by atoms with Crippen molar-refractivity contribution >= 4 is 28.3 Å². The summed E-state index contributed by atoms with van der Waals surface area (Å²) in [4.78, 5) is 30.9. The lowest BCUT2D eigenvalue weighted by atomic mass is 10.1. The van der Waals surface area contributed by atoms with E-state index in [9.17, 15) is 14.7 Å². The molecule has 0 radical (unpaired) electrons. The Labute approximate surface area is 189 Å². The normalized spacial score (nSPS) is 13.8. The SMILES string of the molecule is C[C@@H](CO)Oc1cc(Oc2ccc(C(=O)N3CCC3)cc2)cc(C(=O)Nc2nccs2)c1. The van der Waals surface area contributed by atoms with Gasteiger partial charge in [-0.25, -0.2) is 4.98 Å². The molecular formula is C23H23N3O5S. The third kappa shape index (κ3) is 5.24. The number of anilines is 1. The van der Waals surface area contributed by atoms with E-state index in [0.717, 1.165) is 19.5 Å². The largest absolute Gasteiger partial charge is 0.488 e. The number of carbonyl (C=O) groups is 2. The van der Waals surface area contributed by atoms with Gasteiger partial charge in [0, 0.05) is 41.9 Å². The van der Waals surface area contributed by atoms with Crippen LogP contribution in [0.15, 0.2) is 54.0 Å². The Morgan fingerprint density at radius 2 is 1.88 bits per heavy atom. The van der Waals surface area contributed by atoms with Crippen LogP contribution in [-0.2, 0) is 0 Å². The lowest BCUT2D eigenvalue weighted by Crippen LogP contribution is -2.41. The summed E-state index contributed by atoms with van der Waals surface area (Å²) < 4.78 is 11.6. The monoisotopic (exact) mass is 453 g/mol. The van der Waals surface area contributed by atoms with Gasteiger partial charge >= 0.3 is 0 Å². The summed E-state index contributed by atoms with van der Waals surface area (Å²) in [7, 11) is 0. The second kappa shape index (κ2) is 9.80. The summed E-state index contributed by atoms with van der Waals surface area (Å²) >= 11 is 1.31. The van der Waals surface area contributed by atoms with Crippen LogP contribution < -0.4 is 14.8 Å². The maximum Gasteiger partial charge on any atom is 0.257 e. The van der Waals surface area contributed by atoms with Crippen molar-refractivity contribution in [1.29, 1.82) is 0 Å². The number of carbonyl (C=O) groups excluding carboxylic acids is 2. The predicted octanol–water partition coefficient (Wildman–Crippen LogP) is 3.79. The average molecular weight is 454 g/mol. The number of benzene rings is 2. The minimum atomic E-state index is -0.452. The lowest BCUT2D eigenvalue weighted by Gasteiger charge is -2.30. The third-order valence-corrected chi connectivity index (χ3v) is 5.56. The van der Waals surface area contributed by atoms with Crippen molar-refractivity contribution in [2.75, 3.05) is 25.0 Å². The molecule has 1 aromatic heterocycles. The zero-order valence-corrected chi connectivity index (χ0v) is 18.3. The van der Waals surface area contributed by atoms with Gasteiger partial charge in [-0.3, -0.25) is 14.9 Å². The molecule has 2 heterocycles. The highest BCUT2D eigenvalue weighted by Crippen LogP contribution is 2.29. The molecule has 0 saturated carbocycles. The third-order valence-electron chi connectivity index (χ3n) is 4.87.